The Morgan fingerprint density at radius 2 is 2.22 bits per heavy atom. The number of nitrogens with zero attached hydrogens (tertiary/aromatic N) is 1. The molecule has 4 nitrogen and oxygen atoms in total. The molecule has 0 aromatic heterocycles. The van der Waals surface area contributed by atoms with Gasteiger partial charge in [0, 0.05) is 24.8 Å². The van der Waals surface area contributed by atoms with Gasteiger partial charge in [-0.25, -0.2) is 4.39 Å². The van der Waals surface area contributed by atoms with Crippen molar-refractivity contribution in [2.75, 3.05) is 25.0 Å². The summed E-state index contributed by atoms with van der Waals surface area (Å²) in [5, 5.41) is 12.3. The minimum absolute atomic E-state index is 0.122. The highest BCUT2D eigenvalue weighted by atomic mass is 19.1. The van der Waals surface area contributed by atoms with Gasteiger partial charge < -0.3 is 15.3 Å². The van der Waals surface area contributed by atoms with Crippen LogP contribution in [0.4, 0.5) is 10.1 Å². The molecule has 0 unspecified atom stereocenters. The average molecular weight is 254 g/mol. The summed E-state index contributed by atoms with van der Waals surface area (Å²) in [5.74, 6) is -0.606. The van der Waals surface area contributed by atoms with Crippen LogP contribution in [-0.2, 0) is 4.79 Å². The summed E-state index contributed by atoms with van der Waals surface area (Å²) in [6.07, 6.45) is -0.919. The first-order valence-corrected chi connectivity index (χ1v) is 5.91. The molecule has 1 aromatic carbocycles. The molecule has 1 amide bonds. The Hall–Kier alpha value is -1.62. The highest BCUT2D eigenvalue weighted by molar-refractivity contribution is 5.81. The van der Waals surface area contributed by atoms with Crippen molar-refractivity contribution in [2.45, 2.75) is 20.0 Å². The third-order valence-corrected chi connectivity index (χ3v) is 2.61. The Bertz CT molecular complexity index is 421. The number of anilines is 1. The third-order valence-electron chi connectivity index (χ3n) is 2.61. The third kappa shape index (κ3) is 3.43. The van der Waals surface area contributed by atoms with E-state index in [4.69, 9.17) is 0 Å². The zero-order chi connectivity index (χ0) is 13.7. The number of hydrogen-bond acceptors (Lipinski definition) is 3. The van der Waals surface area contributed by atoms with Crippen molar-refractivity contribution in [1.82, 2.24) is 5.32 Å². The number of likely N-dealkylation sites (N-methyl/N-ethyl adjacent to an activating group) is 2. The lowest BCUT2D eigenvalue weighted by Crippen LogP contribution is -2.35. The van der Waals surface area contributed by atoms with Gasteiger partial charge in [0.05, 0.1) is 12.6 Å². The predicted molar refractivity (Wildman–Crippen MR) is 69.0 cm³/mol. The fraction of sp³-hybridized carbons (Fsp3) is 0.462. The molecular formula is C13H19FN2O2. The summed E-state index contributed by atoms with van der Waals surface area (Å²) in [5.41, 5.74) is 0.737. The van der Waals surface area contributed by atoms with E-state index in [1.165, 1.54) is 13.0 Å². The van der Waals surface area contributed by atoms with Crippen molar-refractivity contribution in [3.8, 4) is 0 Å². The monoisotopic (exact) mass is 254 g/mol. The summed E-state index contributed by atoms with van der Waals surface area (Å²) in [6.45, 7) is 4.01. The number of halogens is 1. The Morgan fingerprint density at radius 3 is 2.78 bits per heavy atom. The number of amides is 1. The molecule has 0 aliphatic carbocycles. The predicted octanol–water partition coefficient (Wildman–Crippen LogP) is 1.45. The average Bonchev–Trinajstić information content (AvgIpc) is 2.28. The van der Waals surface area contributed by atoms with Gasteiger partial charge >= 0.3 is 0 Å². The van der Waals surface area contributed by atoms with Crippen LogP contribution >= 0.6 is 0 Å². The maximum absolute atomic E-state index is 13.7. The van der Waals surface area contributed by atoms with E-state index in [2.05, 4.69) is 5.32 Å². The van der Waals surface area contributed by atoms with E-state index in [0.29, 0.717) is 12.2 Å². The first-order valence-electron chi connectivity index (χ1n) is 5.91. The van der Waals surface area contributed by atoms with Gasteiger partial charge in [-0.3, -0.25) is 4.79 Å². The van der Waals surface area contributed by atoms with Crippen molar-refractivity contribution < 1.29 is 14.3 Å². The smallest absolute Gasteiger partial charge is 0.239 e. The lowest BCUT2D eigenvalue weighted by molar-refractivity contribution is -0.119. The number of aliphatic hydroxyl groups excluding tert-OH is 1. The van der Waals surface area contributed by atoms with Crippen LogP contribution in [0.25, 0.3) is 0 Å². The van der Waals surface area contributed by atoms with E-state index < -0.39 is 11.9 Å². The van der Waals surface area contributed by atoms with Crippen LogP contribution in [0.3, 0.4) is 0 Å². The largest absolute Gasteiger partial charge is 0.389 e. The maximum Gasteiger partial charge on any atom is 0.239 e. The molecule has 0 saturated carbocycles. The van der Waals surface area contributed by atoms with Gasteiger partial charge in [-0.2, -0.15) is 0 Å². The first kappa shape index (κ1) is 14.4. The molecule has 0 aliphatic heterocycles. The second-order valence-electron chi connectivity index (χ2n) is 4.16. The van der Waals surface area contributed by atoms with E-state index in [0.717, 1.165) is 0 Å². The molecule has 0 aliphatic rings. The molecule has 0 heterocycles. The molecular weight excluding hydrogens is 235 g/mol. The molecule has 5 heteroatoms. The molecule has 0 fully saturated rings. The molecule has 18 heavy (non-hydrogen) atoms. The molecule has 0 bridgehead atoms. The highest BCUT2D eigenvalue weighted by Crippen LogP contribution is 2.27. The number of aliphatic hydroxyl groups is 1. The summed E-state index contributed by atoms with van der Waals surface area (Å²) in [6, 6.07) is 4.54. The van der Waals surface area contributed by atoms with Gasteiger partial charge in [0.2, 0.25) is 5.91 Å². The Balaban J connectivity index is 2.95. The van der Waals surface area contributed by atoms with Crippen molar-refractivity contribution in [2.24, 2.45) is 0 Å². The summed E-state index contributed by atoms with van der Waals surface area (Å²) < 4.78 is 13.7. The van der Waals surface area contributed by atoms with Gasteiger partial charge in [-0.15, -0.1) is 0 Å². The summed E-state index contributed by atoms with van der Waals surface area (Å²) in [4.78, 5) is 13.1. The van der Waals surface area contributed by atoms with E-state index in [1.54, 1.807) is 24.1 Å². The van der Waals surface area contributed by atoms with E-state index >= 15 is 0 Å². The highest BCUT2D eigenvalue weighted by Gasteiger charge is 2.17. The number of benzene rings is 1. The number of carbonyl (C=O) groups is 1. The molecule has 1 aromatic rings. The van der Waals surface area contributed by atoms with Gasteiger partial charge in [0.25, 0.3) is 0 Å². The summed E-state index contributed by atoms with van der Waals surface area (Å²) >= 11 is 0. The Labute approximate surface area is 106 Å². The normalized spacial score (nSPS) is 12.1. The standard InChI is InChI=1S/C13H19FN2O2/c1-4-15-12(18)8-16(3)11-7-5-6-10(14)13(11)9(2)17/h5-7,9,17H,4,8H2,1-3H3,(H,15,18)/t9-/m1/s1. The van der Waals surface area contributed by atoms with E-state index in [1.807, 2.05) is 6.92 Å². The van der Waals surface area contributed by atoms with E-state index in [9.17, 15) is 14.3 Å². The molecule has 2 N–H and O–H groups in total. The molecule has 0 radical (unpaired) electrons. The lowest BCUT2D eigenvalue weighted by Gasteiger charge is -2.23. The molecule has 0 saturated heterocycles. The minimum atomic E-state index is -0.919. The molecule has 100 valence electrons. The topological polar surface area (TPSA) is 52.6 Å². The zero-order valence-electron chi connectivity index (χ0n) is 10.9. The van der Waals surface area contributed by atoms with Gasteiger partial charge in [0.15, 0.2) is 0 Å². The van der Waals surface area contributed by atoms with Crippen LogP contribution in [0.2, 0.25) is 0 Å². The fourth-order valence-corrected chi connectivity index (χ4v) is 1.83. The quantitative estimate of drug-likeness (QED) is 0.836. The van der Waals surface area contributed by atoms with Crippen LogP contribution in [-0.4, -0.2) is 31.2 Å². The van der Waals surface area contributed by atoms with Gasteiger partial charge in [-0.05, 0) is 26.0 Å². The second kappa shape index (κ2) is 6.35. The first-order chi connectivity index (χ1) is 8.47. The Morgan fingerprint density at radius 1 is 1.56 bits per heavy atom. The van der Waals surface area contributed by atoms with Gasteiger partial charge in [0.1, 0.15) is 5.82 Å². The number of carbonyl (C=O) groups excluding carboxylic acids is 1. The van der Waals surface area contributed by atoms with Crippen LogP contribution in [0.1, 0.15) is 25.5 Å². The second-order valence-corrected chi connectivity index (χ2v) is 4.16. The molecule has 1 atom stereocenters. The SMILES string of the molecule is CCNC(=O)CN(C)c1cccc(F)c1[C@@H](C)O. The maximum atomic E-state index is 13.7. The molecule has 0 spiro atoms. The number of rotatable bonds is 5. The molecule has 1 rings (SSSR count). The van der Waals surface area contributed by atoms with Crippen LogP contribution in [0.15, 0.2) is 18.2 Å². The van der Waals surface area contributed by atoms with Crippen LogP contribution in [0.5, 0.6) is 0 Å². The van der Waals surface area contributed by atoms with Crippen molar-refractivity contribution in [3.05, 3.63) is 29.6 Å². The number of hydrogen-bond donors (Lipinski definition) is 2. The van der Waals surface area contributed by atoms with Crippen molar-refractivity contribution >= 4 is 11.6 Å². The van der Waals surface area contributed by atoms with E-state index in [-0.39, 0.29) is 18.0 Å². The van der Waals surface area contributed by atoms with Crippen LogP contribution in [0, 0.1) is 5.82 Å². The lowest BCUT2D eigenvalue weighted by atomic mass is 10.1. The van der Waals surface area contributed by atoms with Gasteiger partial charge in [-0.1, -0.05) is 6.07 Å². The van der Waals surface area contributed by atoms with Crippen molar-refractivity contribution in [3.63, 3.8) is 0 Å². The summed E-state index contributed by atoms with van der Waals surface area (Å²) in [7, 11) is 1.69. The Kier molecular flexibility index (Phi) is 5.09. The van der Waals surface area contributed by atoms with Crippen molar-refractivity contribution in [1.29, 1.82) is 0 Å². The number of nitrogens with one attached hydrogen (secondary N) is 1. The fourth-order valence-electron chi connectivity index (χ4n) is 1.83. The minimum Gasteiger partial charge on any atom is -0.389 e. The zero-order valence-corrected chi connectivity index (χ0v) is 10.9. The van der Waals surface area contributed by atoms with Crippen LogP contribution < -0.4 is 10.2 Å².